The second-order valence-electron chi connectivity index (χ2n) is 30.0. The maximum Gasteiger partial charge on any atom is 0.160 e. The molecule has 6 aromatic heterocycles. The highest BCUT2D eigenvalue weighted by molar-refractivity contribution is 8.01. The Hall–Kier alpha value is -5.14. The molecular formula is C94H110O2S8. The third-order valence-electron chi connectivity index (χ3n) is 23.0. The quantitative estimate of drug-likeness (QED) is 0.0217. The van der Waals surface area contributed by atoms with Crippen molar-refractivity contribution in [3.8, 4) is 40.4 Å². The normalized spacial score (nSPS) is 14.0. The first-order valence-electron chi connectivity index (χ1n) is 40.3. The highest BCUT2D eigenvalue weighted by Crippen LogP contribution is 2.70. The van der Waals surface area contributed by atoms with Crippen LogP contribution in [-0.2, 0) is 36.5 Å². The highest BCUT2D eigenvalue weighted by Gasteiger charge is 2.54. The highest BCUT2D eigenvalue weighted by atomic mass is 32.2. The maximum atomic E-state index is 13.7. The van der Waals surface area contributed by atoms with E-state index in [1.807, 2.05) is 45.3 Å². The second kappa shape index (κ2) is 36.4. The van der Waals surface area contributed by atoms with Crippen molar-refractivity contribution < 1.29 is 9.59 Å². The van der Waals surface area contributed by atoms with Crippen LogP contribution < -0.4 is 0 Å². The average Bonchev–Trinajstić information content (AvgIpc) is 1.48. The van der Waals surface area contributed by atoms with Gasteiger partial charge in [-0.05, 0) is 179 Å². The summed E-state index contributed by atoms with van der Waals surface area (Å²) in [6.45, 7) is 18.7. The van der Waals surface area contributed by atoms with Crippen LogP contribution >= 0.6 is 91.5 Å². The van der Waals surface area contributed by atoms with E-state index in [2.05, 4.69) is 212 Å². The van der Waals surface area contributed by atoms with E-state index in [1.165, 1.54) is 290 Å². The number of fused-ring (bicyclic) bond motifs is 10. The molecule has 13 rings (SSSR count). The van der Waals surface area contributed by atoms with Gasteiger partial charge in [0.25, 0.3) is 0 Å². The Kier molecular flexibility index (Phi) is 26.9. The molecule has 0 saturated heterocycles. The minimum Gasteiger partial charge on any atom is -0.297 e. The van der Waals surface area contributed by atoms with Crippen molar-refractivity contribution in [1.29, 1.82) is 0 Å². The molecular weight excluding hydrogens is 1420 g/mol. The topological polar surface area (TPSA) is 34.1 Å². The molecule has 2 atom stereocenters. The molecule has 0 spiro atoms. The molecule has 2 aliphatic carbocycles. The molecule has 6 heterocycles. The first-order chi connectivity index (χ1) is 51.1. The van der Waals surface area contributed by atoms with Gasteiger partial charge in [0.05, 0.1) is 48.5 Å². The zero-order valence-electron chi connectivity index (χ0n) is 63.3. The van der Waals surface area contributed by atoms with E-state index in [9.17, 15) is 9.59 Å². The number of hydrogen-bond acceptors (Lipinski definition) is 10. The molecule has 0 amide bonds. The van der Waals surface area contributed by atoms with Crippen molar-refractivity contribution in [1.82, 2.24) is 0 Å². The maximum absolute atomic E-state index is 13.7. The van der Waals surface area contributed by atoms with E-state index in [-0.39, 0.29) is 0 Å². The van der Waals surface area contributed by atoms with Gasteiger partial charge < -0.3 is 0 Å². The lowest BCUT2D eigenvalue weighted by atomic mass is 9.66. The third-order valence-corrected chi connectivity index (χ3v) is 32.9. The molecule has 0 aliphatic heterocycles. The van der Waals surface area contributed by atoms with E-state index < -0.39 is 10.8 Å². The van der Waals surface area contributed by atoms with E-state index in [0.717, 1.165) is 59.5 Å². The summed E-state index contributed by atoms with van der Waals surface area (Å²) in [5.74, 6) is 3.55. The summed E-state index contributed by atoms with van der Waals surface area (Å²) in [6.07, 6.45) is 36.0. The summed E-state index contributed by atoms with van der Waals surface area (Å²) in [6, 6.07) is 54.1. The number of thiophene rings is 6. The fourth-order valence-electron chi connectivity index (χ4n) is 17.0. The summed E-state index contributed by atoms with van der Waals surface area (Å²) in [5.41, 5.74) is 16.9. The molecule has 0 radical (unpaired) electrons. The van der Waals surface area contributed by atoms with Gasteiger partial charge in [-0.1, -0.05) is 268 Å². The van der Waals surface area contributed by atoms with Crippen LogP contribution in [0, 0.1) is 11.8 Å². The minimum absolute atomic E-state index is 0.664. The van der Waals surface area contributed by atoms with Crippen molar-refractivity contribution in [2.24, 2.45) is 11.8 Å². The fourth-order valence-corrected chi connectivity index (χ4v) is 27.3. The number of unbranched alkanes of at least 4 members (excludes halogenated alkanes) is 14. The van der Waals surface area contributed by atoms with Gasteiger partial charge in [-0.15, -0.1) is 91.5 Å². The second-order valence-corrected chi connectivity index (χ2v) is 39.0. The van der Waals surface area contributed by atoms with E-state index in [4.69, 9.17) is 0 Å². The van der Waals surface area contributed by atoms with Gasteiger partial charge in [-0.25, -0.2) is 0 Å². The third kappa shape index (κ3) is 15.6. The molecule has 11 aromatic rings. The summed E-state index contributed by atoms with van der Waals surface area (Å²) < 4.78 is 5.41. The summed E-state index contributed by atoms with van der Waals surface area (Å²) in [4.78, 5) is 36.6. The molecule has 0 bridgehead atoms. The Morgan fingerprint density at radius 2 is 0.663 bits per heavy atom. The van der Waals surface area contributed by atoms with Crippen molar-refractivity contribution in [3.63, 3.8) is 0 Å². The Morgan fingerprint density at radius 1 is 0.346 bits per heavy atom. The molecule has 0 saturated carbocycles. The van der Waals surface area contributed by atoms with E-state index in [1.54, 1.807) is 22.7 Å². The average molecular weight is 1530 g/mol. The van der Waals surface area contributed by atoms with Gasteiger partial charge >= 0.3 is 0 Å². The Bertz CT molecular complexity index is 4210. The van der Waals surface area contributed by atoms with Crippen LogP contribution in [0.3, 0.4) is 0 Å². The molecule has 104 heavy (non-hydrogen) atoms. The lowest BCUT2D eigenvalue weighted by Crippen LogP contribution is -2.29. The largest absolute Gasteiger partial charge is 0.297 e. The monoisotopic (exact) mass is 1530 g/mol. The van der Waals surface area contributed by atoms with Gasteiger partial charge in [0.2, 0.25) is 0 Å². The van der Waals surface area contributed by atoms with Crippen LogP contribution in [0.15, 0.2) is 142 Å². The van der Waals surface area contributed by atoms with Gasteiger partial charge in [0.1, 0.15) is 0 Å². The predicted octanol–water partition coefficient (Wildman–Crippen LogP) is 31.2. The van der Waals surface area contributed by atoms with Gasteiger partial charge in [-0.3, -0.25) is 9.59 Å². The van der Waals surface area contributed by atoms with Crippen LogP contribution in [-0.4, -0.2) is 24.1 Å². The van der Waals surface area contributed by atoms with Crippen LogP contribution in [0.4, 0.5) is 0 Å². The van der Waals surface area contributed by atoms with Gasteiger partial charge in [0.15, 0.2) is 12.6 Å². The Labute approximate surface area is 656 Å². The molecule has 0 fully saturated rings. The number of thioether (sulfide) groups is 2. The summed E-state index contributed by atoms with van der Waals surface area (Å²) in [5, 5.41) is 2.70. The molecule has 546 valence electrons. The SMILES string of the molecule is CCCCCCc1ccc(C2(c3ccc(CCCCCC)cc3)c3cc(C=O)sc3-c3sc4c(-c5ccc(SCC(CC)CCCC)s5)c5c6c(sc5c(-c5ccc(SCC(CC)CCCC)s5)c4c32)-c2sc(C=O)cc2C6(c2ccc(CCCCCC)cc2)c2ccc(CCCCCC)cc2)cc1. The van der Waals surface area contributed by atoms with Crippen LogP contribution in [0.5, 0.6) is 0 Å². The van der Waals surface area contributed by atoms with Gasteiger partial charge in [0, 0.05) is 52.6 Å². The van der Waals surface area contributed by atoms with E-state index in [0.29, 0.717) is 11.8 Å². The number of rotatable bonds is 42. The first-order valence-corrected chi connectivity index (χ1v) is 47.1. The first kappa shape index (κ1) is 77.0. The van der Waals surface area contributed by atoms with E-state index >= 15 is 0 Å². The van der Waals surface area contributed by atoms with Crippen LogP contribution in [0.25, 0.3) is 60.6 Å². The molecule has 5 aromatic carbocycles. The number of carbonyl (C=O) groups excluding carboxylic acids is 2. The lowest BCUT2D eigenvalue weighted by molar-refractivity contribution is 0.111. The zero-order chi connectivity index (χ0) is 72.2. The Morgan fingerprint density at radius 3 is 0.952 bits per heavy atom. The molecule has 0 N–H and O–H groups in total. The van der Waals surface area contributed by atoms with Crippen molar-refractivity contribution in [3.05, 3.63) is 210 Å². The number of hydrogen-bond donors (Lipinski definition) is 0. The van der Waals surface area contributed by atoms with Crippen molar-refractivity contribution in [2.75, 3.05) is 11.5 Å². The number of aldehydes is 2. The van der Waals surface area contributed by atoms with Gasteiger partial charge in [-0.2, -0.15) is 0 Å². The minimum atomic E-state index is -0.769. The number of aryl methyl sites for hydroxylation is 4. The van der Waals surface area contributed by atoms with Crippen molar-refractivity contribution >= 4 is 124 Å². The zero-order valence-corrected chi connectivity index (χ0v) is 69.8. The Balaban J connectivity index is 1.17. The predicted molar refractivity (Wildman–Crippen MR) is 464 cm³/mol. The number of carbonyl (C=O) groups is 2. The molecule has 2 nitrogen and oxygen atoms in total. The van der Waals surface area contributed by atoms with Crippen LogP contribution in [0.2, 0.25) is 0 Å². The fraction of sp³-hybridized carbons (Fsp3) is 0.447. The number of benzene rings is 5. The standard InChI is InChI=1S/C94H110O2S8/c1-9-17-23-27-33-65-37-45-69(46-38-65)93(70-47-39-66(40-48-70)34-28-24-18-10-2)75-57-73(59-95)99-87(75)91-85(93)83-81(77-53-55-79(101-77)97-61-63(15-7)31-21-13-5)90-84(82(89(83)103-91)78-54-56-80(102-78)98-62-64(16-8)32-22-14-6)86-92(104-90)88-76(58-74(60-96)100-88)94(86,71-49-41-67(42-50-71)35-29-25-19-11-3)72-51-43-68(44-52-72)36-30-26-20-12-4/h37-60,63-64H,9-36,61-62H2,1-8H3. The molecule has 2 unspecified atom stereocenters. The summed E-state index contributed by atoms with van der Waals surface area (Å²) in [7, 11) is 0. The smallest absolute Gasteiger partial charge is 0.160 e. The summed E-state index contributed by atoms with van der Waals surface area (Å²) >= 11 is 15.6. The van der Waals surface area contributed by atoms with Crippen LogP contribution in [0.1, 0.15) is 296 Å². The van der Waals surface area contributed by atoms with Crippen molar-refractivity contribution in [2.45, 2.75) is 254 Å². The molecule has 10 heteroatoms. The molecule has 2 aliphatic rings. The lowest BCUT2D eigenvalue weighted by Gasteiger charge is -2.35.